The van der Waals surface area contributed by atoms with Gasteiger partial charge in [0.05, 0.1) is 12.1 Å². The van der Waals surface area contributed by atoms with Crippen LogP contribution >= 0.6 is 0 Å². The van der Waals surface area contributed by atoms with Crippen molar-refractivity contribution in [3.05, 3.63) is 89.7 Å². The maximum Gasteiger partial charge on any atom is 0.125 e. The predicted octanol–water partition coefficient (Wildman–Crippen LogP) is 5.07. The molecule has 2 unspecified atom stereocenters. The van der Waals surface area contributed by atoms with E-state index in [0.29, 0.717) is 0 Å². The Hall–Kier alpha value is -3.01. The molecule has 1 heterocycles. The molecule has 1 saturated heterocycles. The molecular weight excluding hydrogens is 325 g/mol. The van der Waals surface area contributed by atoms with Crippen LogP contribution in [0.4, 0.5) is 21.5 Å². The van der Waals surface area contributed by atoms with E-state index in [1.165, 1.54) is 17.2 Å². The van der Waals surface area contributed by atoms with Gasteiger partial charge in [0.25, 0.3) is 0 Å². The first-order chi connectivity index (χ1) is 12.6. The van der Waals surface area contributed by atoms with E-state index in [-0.39, 0.29) is 17.9 Å². The standard InChI is InChI=1S/C22H22FN3/c23-17-2-1-3-20(14-17)26-21(15-4-8-18(24)9-5-15)12-13-22(26)16-6-10-19(25)11-7-16/h1-11,14,21-22H,12-13,24-25H2. The normalized spacial score (nSPS) is 19.7. The molecule has 0 bridgehead atoms. The molecule has 132 valence electrons. The lowest BCUT2D eigenvalue weighted by Gasteiger charge is -2.33. The molecule has 1 aliphatic heterocycles. The number of rotatable bonds is 3. The van der Waals surface area contributed by atoms with Gasteiger partial charge in [-0.15, -0.1) is 0 Å². The third-order valence-electron chi connectivity index (χ3n) is 5.13. The van der Waals surface area contributed by atoms with E-state index in [9.17, 15) is 4.39 Å². The summed E-state index contributed by atoms with van der Waals surface area (Å²) in [7, 11) is 0. The minimum atomic E-state index is -0.221. The Bertz CT molecular complexity index is 837. The van der Waals surface area contributed by atoms with E-state index in [4.69, 9.17) is 11.5 Å². The summed E-state index contributed by atoms with van der Waals surface area (Å²) in [5, 5.41) is 0. The summed E-state index contributed by atoms with van der Waals surface area (Å²) in [6.07, 6.45) is 1.99. The van der Waals surface area contributed by atoms with Crippen molar-refractivity contribution in [2.75, 3.05) is 16.4 Å². The molecular formula is C22H22FN3. The molecule has 3 aromatic carbocycles. The maximum absolute atomic E-state index is 13.9. The summed E-state index contributed by atoms with van der Waals surface area (Å²) < 4.78 is 13.9. The monoisotopic (exact) mass is 347 g/mol. The fourth-order valence-corrected chi connectivity index (χ4v) is 3.90. The highest BCUT2D eigenvalue weighted by molar-refractivity contribution is 5.55. The van der Waals surface area contributed by atoms with Crippen LogP contribution in [-0.2, 0) is 0 Å². The van der Waals surface area contributed by atoms with Crippen molar-refractivity contribution >= 4 is 17.1 Å². The van der Waals surface area contributed by atoms with Crippen molar-refractivity contribution in [2.45, 2.75) is 24.9 Å². The fraction of sp³-hybridized carbons (Fsp3) is 0.182. The van der Waals surface area contributed by atoms with Crippen LogP contribution in [0, 0.1) is 5.82 Å². The highest BCUT2D eigenvalue weighted by atomic mass is 19.1. The summed E-state index contributed by atoms with van der Waals surface area (Å²) in [4.78, 5) is 2.32. The second kappa shape index (κ2) is 6.71. The van der Waals surface area contributed by atoms with Crippen molar-refractivity contribution in [1.82, 2.24) is 0 Å². The van der Waals surface area contributed by atoms with Gasteiger partial charge < -0.3 is 16.4 Å². The number of nitrogen functional groups attached to an aromatic ring is 2. The second-order valence-corrected chi connectivity index (χ2v) is 6.83. The van der Waals surface area contributed by atoms with Crippen molar-refractivity contribution in [1.29, 1.82) is 0 Å². The molecule has 3 nitrogen and oxygen atoms in total. The highest BCUT2D eigenvalue weighted by Gasteiger charge is 2.35. The number of nitrogens with two attached hydrogens (primary N) is 2. The summed E-state index contributed by atoms with van der Waals surface area (Å²) in [5.74, 6) is -0.221. The summed E-state index contributed by atoms with van der Waals surface area (Å²) in [5.41, 5.74) is 16.5. The van der Waals surface area contributed by atoms with E-state index >= 15 is 0 Å². The van der Waals surface area contributed by atoms with Gasteiger partial charge in [0, 0.05) is 17.1 Å². The first-order valence-corrected chi connectivity index (χ1v) is 8.86. The van der Waals surface area contributed by atoms with Crippen molar-refractivity contribution in [2.24, 2.45) is 0 Å². The van der Waals surface area contributed by atoms with Crippen LogP contribution in [0.5, 0.6) is 0 Å². The SMILES string of the molecule is Nc1ccc(C2CCC(c3ccc(N)cc3)N2c2cccc(F)c2)cc1. The van der Waals surface area contributed by atoms with E-state index < -0.39 is 0 Å². The zero-order valence-electron chi connectivity index (χ0n) is 14.5. The average Bonchev–Trinajstić information content (AvgIpc) is 3.08. The largest absolute Gasteiger partial charge is 0.399 e. The number of hydrogen-bond donors (Lipinski definition) is 2. The quantitative estimate of drug-likeness (QED) is 0.650. The minimum absolute atomic E-state index is 0.181. The van der Waals surface area contributed by atoms with Gasteiger partial charge >= 0.3 is 0 Å². The fourth-order valence-electron chi connectivity index (χ4n) is 3.90. The Morgan fingerprint density at radius 1 is 0.731 bits per heavy atom. The van der Waals surface area contributed by atoms with Crippen molar-refractivity contribution < 1.29 is 4.39 Å². The number of benzene rings is 3. The molecule has 3 aromatic rings. The molecule has 2 atom stereocenters. The van der Waals surface area contributed by atoms with Crippen LogP contribution < -0.4 is 16.4 Å². The molecule has 4 heteroatoms. The van der Waals surface area contributed by atoms with Crippen LogP contribution in [-0.4, -0.2) is 0 Å². The first kappa shape index (κ1) is 16.5. The van der Waals surface area contributed by atoms with E-state index in [1.54, 1.807) is 12.1 Å². The van der Waals surface area contributed by atoms with Crippen LogP contribution in [0.2, 0.25) is 0 Å². The number of hydrogen-bond acceptors (Lipinski definition) is 3. The average molecular weight is 347 g/mol. The molecule has 0 amide bonds. The van der Waals surface area contributed by atoms with Gasteiger partial charge in [0.1, 0.15) is 5.82 Å². The van der Waals surface area contributed by atoms with Gasteiger partial charge in [-0.2, -0.15) is 0 Å². The van der Waals surface area contributed by atoms with Crippen molar-refractivity contribution in [3.63, 3.8) is 0 Å². The number of halogens is 1. The number of anilines is 3. The lowest BCUT2D eigenvalue weighted by molar-refractivity contribution is 0.620. The van der Waals surface area contributed by atoms with Gasteiger partial charge in [0.2, 0.25) is 0 Å². The van der Waals surface area contributed by atoms with Crippen LogP contribution in [0.15, 0.2) is 72.8 Å². The Kier molecular flexibility index (Phi) is 4.25. The van der Waals surface area contributed by atoms with Crippen molar-refractivity contribution in [3.8, 4) is 0 Å². The Labute approximate surface area is 153 Å². The lowest BCUT2D eigenvalue weighted by Crippen LogP contribution is -2.26. The van der Waals surface area contributed by atoms with E-state index in [0.717, 1.165) is 29.9 Å². The molecule has 1 fully saturated rings. The van der Waals surface area contributed by atoms with Gasteiger partial charge in [-0.05, 0) is 66.4 Å². The topological polar surface area (TPSA) is 55.3 Å². The molecule has 0 spiro atoms. The van der Waals surface area contributed by atoms with Gasteiger partial charge in [-0.1, -0.05) is 30.3 Å². The molecule has 0 saturated carbocycles. The zero-order valence-corrected chi connectivity index (χ0v) is 14.5. The van der Waals surface area contributed by atoms with E-state index in [2.05, 4.69) is 29.2 Å². The highest BCUT2D eigenvalue weighted by Crippen LogP contribution is 2.47. The molecule has 0 aliphatic carbocycles. The number of nitrogens with zero attached hydrogens (tertiary/aromatic N) is 1. The maximum atomic E-state index is 13.9. The smallest absolute Gasteiger partial charge is 0.125 e. The minimum Gasteiger partial charge on any atom is -0.399 e. The Morgan fingerprint density at radius 2 is 1.23 bits per heavy atom. The van der Waals surface area contributed by atoms with E-state index in [1.807, 2.05) is 30.3 Å². The van der Waals surface area contributed by atoms with Crippen LogP contribution in [0.1, 0.15) is 36.1 Å². The van der Waals surface area contributed by atoms with Crippen LogP contribution in [0.3, 0.4) is 0 Å². The summed E-state index contributed by atoms with van der Waals surface area (Å²) in [6.45, 7) is 0. The van der Waals surface area contributed by atoms with Gasteiger partial charge in [-0.25, -0.2) is 4.39 Å². The Balaban J connectivity index is 1.77. The molecule has 4 rings (SSSR count). The zero-order chi connectivity index (χ0) is 18.1. The van der Waals surface area contributed by atoms with Gasteiger partial charge in [-0.3, -0.25) is 0 Å². The molecule has 0 aromatic heterocycles. The second-order valence-electron chi connectivity index (χ2n) is 6.83. The van der Waals surface area contributed by atoms with Crippen LogP contribution in [0.25, 0.3) is 0 Å². The Morgan fingerprint density at radius 3 is 1.69 bits per heavy atom. The predicted molar refractivity (Wildman–Crippen MR) is 105 cm³/mol. The molecule has 1 aliphatic rings. The summed E-state index contributed by atoms with van der Waals surface area (Å²) in [6, 6.07) is 23.2. The van der Waals surface area contributed by atoms with Gasteiger partial charge in [0.15, 0.2) is 0 Å². The third-order valence-corrected chi connectivity index (χ3v) is 5.13. The molecule has 4 N–H and O–H groups in total. The summed E-state index contributed by atoms with van der Waals surface area (Å²) >= 11 is 0. The lowest BCUT2D eigenvalue weighted by atomic mass is 10.0. The first-order valence-electron chi connectivity index (χ1n) is 8.86. The third kappa shape index (κ3) is 3.10. The molecule has 26 heavy (non-hydrogen) atoms. The molecule has 0 radical (unpaired) electrons.